The number of hydrogen-bond donors (Lipinski definition) is 3. The van der Waals surface area contributed by atoms with E-state index in [0.29, 0.717) is 67.9 Å². The standard InChI is InChI=1S/C71H103ClF4N12O12/c1-14-45(6)61-68(99)82(9)41-59(91)80(7)42-60(92)84(11)55(38-47-22-26-48(72)27-23-47)65(96)81(8)40-57(89)77-51(29-25-46-24-28-49(50(73)37-46)71(74,75)76)64(95)88-34-20-21-52(88)63(94)79-70(30-16-17-31-70)69(100)86(13)54(36-44(4)5)66(97)85(12)56(67(98)87-32-18-15-19-33-87)39-58(90)83(10)53(35-43(2)3)62(93)78-61/h22-24,26-28,37,43-45,51-56,61H,14-21,25,29-36,38-42H2,1-13H3,(H,77,89)(H,78,93)(H,79,94)/t45-,51-,52-,53-,54-,55-,56-,61-/m0/s1. The van der Waals surface area contributed by atoms with E-state index < -0.39 is 168 Å². The molecule has 1 saturated carbocycles. The van der Waals surface area contributed by atoms with Crippen LogP contribution < -0.4 is 16.0 Å². The highest BCUT2D eigenvalue weighted by Gasteiger charge is 2.50. The molecule has 1 spiro atoms. The van der Waals surface area contributed by atoms with Crippen molar-refractivity contribution in [1.29, 1.82) is 0 Å². The Labute approximate surface area is 589 Å². The number of aryl methyl sites for hydroxylation is 1. The molecule has 24 nitrogen and oxygen atoms in total. The van der Waals surface area contributed by atoms with Crippen LogP contribution in [0.1, 0.15) is 148 Å². The normalized spacial score (nSPS) is 24.7. The number of nitrogens with zero attached hydrogens (tertiary/aromatic N) is 9. The minimum Gasteiger partial charge on any atom is -0.343 e. The lowest BCUT2D eigenvalue weighted by Crippen LogP contribution is -2.64. The van der Waals surface area contributed by atoms with Gasteiger partial charge >= 0.3 is 6.18 Å². The molecule has 2 aromatic carbocycles. The van der Waals surface area contributed by atoms with Crippen LogP contribution in [0.4, 0.5) is 17.6 Å². The van der Waals surface area contributed by atoms with Crippen LogP contribution in [-0.4, -0.2) is 251 Å². The van der Waals surface area contributed by atoms with Crippen molar-refractivity contribution in [2.45, 2.75) is 198 Å². The summed E-state index contributed by atoms with van der Waals surface area (Å²) >= 11 is 6.22. The first-order chi connectivity index (χ1) is 46.9. The lowest BCUT2D eigenvalue weighted by molar-refractivity contribution is -0.155. The zero-order valence-corrected chi connectivity index (χ0v) is 60.9. The number of nitrogens with one attached hydrogen (secondary N) is 3. The molecule has 0 unspecified atom stereocenters. The Kier molecular flexibility index (Phi) is 28.9. The fraction of sp³-hybridized carbons (Fsp3) is 0.662. The lowest BCUT2D eigenvalue weighted by atomic mass is 9.92. The number of carbonyl (C=O) groups excluding carboxylic acids is 12. The predicted octanol–water partition coefficient (Wildman–Crippen LogP) is 5.30. The summed E-state index contributed by atoms with van der Waals surface area (Å²) in [6, 6.07) is -0.638. The van der Waals surface area contributed by atoms with Crippen molar-refractivity contribution in [3.63, 3.8) is 0 Å². The quantitative estimate of drug-likeness (QED) is 0.229. The van der Waals surface area contributed by atoms with Crippen LogP contribution in [0, 0.1) is 23.6 Å². The molecule has 0 aromatic heterocycles. The molecule has 8 atom stereocenters. The van der Waals surface area contributed by atoms with Crippen molar-refractivity contribution < 1.29 is 75.1 Å². The monoisotopic (exact) mass is 1430 g/mol. The molecule has 4 fully saturated rings. The second-order valence-corrected chi connectivity index (χ2v) is 29.0. The van der Waals surface area contributed by atoms with Gasteiger partial charge in [-0.15, -0.1) is 0 Å². The van der Waals surface area contributed by atoms with Crippen molar-refractivity contribution >= 4 is 82.5 Å². The smallest absolute Gasteiger partial charge is 0.343 e. The summed E-state index contributed by atoms with van der Waals surface area (Å²) in [6.07, 6.45) is -2.06. The minimum atomic E-state index is -5.02. The summed E-state index contributed by atoms with van der Waals surface area (Å²) < 4.78 is 56.1. The van der Waals surface area contributed by atoms with E-state index in [2.05, 4.69) is 16.0 Å². The number of piperidine rings is 1. The molecule has 3 heterocycles. The number of rotatable bonds is 12. The highest BCUT2D eigenvalue weighted by molar-refractivity contribution is 6.30. The maximum Gasteiger partial charge on any atom is 0.419 e. The summed E-state index contributed by atoms with van der Waals surface area (Å²) in [6.45, 7) is 9.66. The second kappa shape index (κ2) is 35.6. The van der Waals surface area contributed by atoms with E-state index >= 15 is 23.6 Å². The zero-order chi connectivity index (χ0) is 74.4. The highest BCUT2D eigenvalue weighted by atomic mass is 35.5. The van der Waals surface area contributed by atoms with Gasteiger partial charge in [-0.25, -0.2) is 4.39 Å². The molecule has 1 aliphatic carbocycles. The Morgan fingerprint density at radius 1 is 0.610 bits per heavy atom. The van der Waals surface area contributed by atoms with E-state index in [-0.39, 0.29) is 81.7 Å². The van der Waals surface area contributed by atoms with Crippen LogP contribution in [0.15, 0.2) is 42.5 Å². The Hall–Kier alpha value is -7.91. The molecule has 0 radical (unpaired) electrons. The molecular formula is C71H103ClF4N12O12. The summed E-state index contributed by atoms with van der Waals surface area (Å²) in [5, 5.41) is 8.90. The summed E-state index contributed by atoms with van der Waals surface area (Å²) in [5.74, 6) is -11.1. The van der Waals surface area contributed by atoms with Crippen LogP contribution >= 0.6 is 11.6 Å². The Balaban J connectivity index is 1.44. The van der Waals surface area contributed by atoms with Crippen molar-refractivity contribution in [3.8, 4) is 0 Å². The maximum atomic E-state index is 15.5. The van der Waals surface area contributed by atoms with Gasteiger partial charge in [0, 0.05) is 80.4 Å². The number of alkyl halides is 3. The van der Waals surface area contributed by atoms with Crippen LogP contribution in [0.3, 0.4) is 0 Å². The molecule has 554 valence electrons. The highest BCUT2D eigenvalue weighted by Crippen LogP contribution is 2.35. The number of amides is 12. The van der Waals surface area contributed by atoms with Gasteiger partial charge in [0.05, 0.1) is 31.6 Å². The number of carbonyl (C=O) groups is 12. The van der Waals surface area contributed by atoms with Crippen LogP contribution in [0.5, 0.6) is 0 Å². The third-order valence-corrected chi connectivity index (χ3v) is 20.3. The minimum absolute atomic E-state index is 0.0307. The third-order valence-electron chi connectivity index (χ3n) is 20.1. The largest absolute Gasteiger partial charge is 0.419 e. The SMILES string of the molecule is CC[C@H](C)[C@@H]1NC(=O)[C@H](CC(C)C)N(C)C(=O)C[C@@H](C(=O)N2CCCCC2)N(C)C(=O)[C@H](CC(C)C)N(C)C(=O)C2(CCCC2)NC(=O)[C@@H]2CCCN2C(=O)[C@H](CCc2ccc(C(F)(F)F)c(F)c2)NC(=O)CN(C)C(=O)[C@H](Cc2ccc(Cl)cc2)N(C)C(=O)CN(C)C(=O)CN(C)C1=O. The average Bonchev–Trinajstić information content (AvgIpc) is 1.46. The lowest BCUT2D eigenvalue weighted by Gasteiger charge is -2.41. The second-order valence-electron chi connectivity index (χ2n) is 28.6. The fourth-order valence-corrected chi connectivity index (χ4v) is 13.8. The first-order valence-electron chi connectivity index (χ1n) is 34.8. The molecule has 4 aliphatic rings. The molecule has 0 bridgehead atoms. The molecular weight excluding hydrogens is 1320 g/mol. The first kappa shape index (κ1) is 81.1. The van der Waals surface area contributed by atoms with E-state index in [4.69, 9.17) is 11.6 Å². The number of fused-ring (bicyclic) bond motifs is 1. The number of likely N-dealkylation sites (N-methyl/N-ethyl adjacent to an activating group) is 7. The van der Waals surface area contributed by atoms with Crippen molar-refractivity contribution in [2.24, 2.45) is 17.8 Å². The maximum absolute atomic E-state index is 15.5. The van der Waals surface area contributed by atoms with E-state index in [1.54, 1.807) is 36.1 Å². The van der Waals surface area contributed by atoms with Gasteiger partial charge in [0.1, 0.15) is 53.6 Å². The van der Waals surface area contributed by atoms with E-state index in [1.807, 2.05) is 34.6 Å². The molecule has 2 aromatic rings. The average molecular weight is 1430 g/mol. The van der Waals surface area contributed by atoms with Gasteiger partial charge in [-0.3, -0.25) is 57.5 Å². The Morgan fingerprint density at radius 2 is 1.19 bits per heavy atom. The Morgan fingerprint density at radius 3 is 1.78 bits per heavy atom. The van der Waals surface area contributed by atoms with E-state index in [1.165, 1.54) is 68.9 Å². The van der Waals surface area contributed by atoms with Crippen LogP contribution in [0.2, 0.25) is 5.02 Å². The summed E-state index contributed by atoms with van der Waals surface area (Å²) in [7, 11) is 9.53. The number of likely N-dealkylation sites (tertiary alicyclic amines) is 1. The third kappa shape index (κ3) is 20.6. The number of halogens is 5. The number of benzene rings is 2. The molecule has 6 rings (SSSR count). The van der Waals surface area contributed by atoms with Gasteiger partial charge in [-0.05, 0) is 124 Å². The van der Waals surface area contributed by atoms with Crippen molar-refractivity contribution in [1.82, 2.24) is 60.0 Å². The van der Waals surface area contributed by atoms with Gasteiger partial charge in [-0.1, -0.05) is 90.6 Å². The molecule has 29 heteroatoms. The molecule has 3 aliphatic heterocycles. The predicted molar refractivity (Wildman–Crippen MR) is 365 cm³/mol. The fourth-order valence-electron chi connectivity index (χ4n) is 13.7. The zero-order valence-electron chi connectivity index (χ0n) is 60.2. The van der Waals surface area contributed by atoms with Gasteiger partial charge in [0.25, 0.3) is 0 Å². The van der Waals surface area contributed by atoms with Crippen molar-refractivity contribution in [3.05, 3.63) is 70.0 Å². The van der Waals surface area contributed by atoms with Gasteiger partial charge in [0.2, 0.25) is 70.9 Å². The van der Waals surface area contributed by atoms with Crippen LogP contribution in [0.25, 0.3) is 0 Å². The van der Waals surface area contributed by atoms with Gasteiger partial charge in [-0.2, -0.15) is 13.2 Å². The molecule has 3 N–H and O–H groups in total. The topological polar surface area (TPSA) is 270 Å². The first-order valence-corrected chi connectivity index (χ1v) is 35.2. The van der Waals surface area contributed by atoms with Crippen LogP contribution in [-0.2, 0) is 76.6 Å². The number of hydrogen-bond acceptors (Lipinski definition) is 12. The van der Waals surface area contributed by atoms with Gasteiger partial charge in [0.15, 0.2) is 0 Å². The molecule has 100 heavy (non-hydrogen) atoms. The van der Waals surface area contributed by atoms with E-state index in [9.17, 15) is 51.5 Å². The summed E-state index contributed by atoms with van der Waals surface area (Å²) in [5.41, 5.74) is -2.58. The summed E-state index contributed by atoms with van der Waals surface area (Å²) in [4.78, 5) is 189. The van der Waals surface area contributed by atoms with Gasteiger partial charge < -0.3 is 60.0 Å². The molecule has 3 saturated heterocycles. The Bertz CT molecular complexity index is 3290. The molecule has 12 amide bonds. The van der Waals surface area contributed by atoms with Crippen molar-refractivity contribution in [2.75, 3.05) is 88.6 Å². The van der Waals surface area contributed by atoms with E-state index in [0.717, 1.165) is 32.1 Å².